The van der Waals surface area contributed by atoms with Gasteiger partial charge in [0.1, 0.15) is 19.9 Å². The van der Waals surface area contributed by atoms with Crippen LogP contribution >= 0.6 is 0 Å². The highest BCUT2D eigenvalue weighted by atomic mass is 16.6. The van der Waals surface area contributed by atoms with E-state index >= 15 is 0 Å². The largest absolute Gasteiger partial charge is 0.463 e. The van der Waals surface area contributed by atoms with Gasteiger partial charge in [0.15, 0.2) is 11.2 Å². The van der Waals surface area contributed by atoms with E-state index in [-0.39, 0.29) is 56.8 Å². The Morgan fingerprint density at radius 1 is 1.06 bits per heavy atom. The van der Waals surface area contributed by atoms with E-state index in [1.165, 1.54) is 10.9 Å². The second-order valence-corrected chi connectivity index (χ2v) is 6.60. The van der Waals surface area contributed by atoms with E-state index in [2.05, 4.69) is 15.0 Å². The van der Waals surface area contributed by atoms with Crippen LogP contribution in [0.5, 0.6) is 0 Å². The number of rotatable bonds is 11. The molecule has 11 nitrogen and oxygen atoms in total. The molecule has 0 unspecified atom stereocenters. The predicted octanol–water partition coefficient (Wildman–Crippen LogP) is 1.13. The van der Waals surface area contributed by atoms with E-state index in [9.17, 15) is 14.4 Å². The number of benzene rings is 1. The maximum absolute atomic E-state index is 11.7. The van der Waals surface area contributed by atoms with Crippen molar-refractivity contribution in [2.24, 2.45) is 0 Å². The van der Waals surface area contributed by atoms with E-state index < -0.39 is 11.5 Å². The molecule has 2 aromatic heterocycles. The molecule has 3 aromatic rings. The first kappa shape index (κ1) is 22.0. The maximum Gasteiger partial charge on any atom is 0.306 e. The Labute approximate surface area is 177 Å². The van der Waals surface area contributed by atoms with Crippen LogP contribution in [0.15, 0.2) is 41.5 Å². The van der Waals surface area contributed by atoms with Crippen LogP contribution in [0.3, 0.4) is 0 Å². The average Bonchev–Trinajstić information content (AvgIpc) is 3.16. The zero-order chi connectivity index (χ0) is 22.1. The molecule has 0 bridgehead atoms. The first-order valence-corrected chi connectivity index (χ1v) is 9.66. The van der Waals surface area contributed by atoms with Crippen molar-refractivity contribution in [1.82, 2.24) is 19.5 Å². The third-order valence-corrected chi connectivity index (χ3v) is 4.22. The Kier molecular flexibility index (Phi) is 7.71. The summed E-state index contributed by atoms with van der Waals surface area (Å²) in [7, 11) is 0. The van der Waals surface area contributed by atoms with E-state index in [1.807, 2.05) is 30.3 Å². The Balaban J connectivity index is 1.27. The summed E-state index contributed by atoms with van der Waals surface area (Å²) >= 11 is 0. The summed E-state index contributed by atoms with van der Waals surface area (Å²) in [4.78, 5) is 45.5. The number of nitrogens with two attached hydrogens (primary N) is 1. The van der Waals surface area contributed by atoms with Gasteiger partial charge in [-0.25, -0.2) is 4.98 Å². The summed E-state index contributed by atoms with van der Waals surface area (Å²) in [6, 6.07) is 9.36. The number of imidazole rings is 1. The third-order valence-electron chi connectivity index (χ3n) is 4.22. The molecule has 0 aliphatic heterocycles. The molecule has 2 heterocycles. The van der Waals surface area contributed by atoms with E-state index in [1.54, 1.807) is 0 Å². The van der Waals surface area contributed by atoms with Gasteiger partial charge >= 0.3 is 11.9 Å². The number of nitrogens with zero attached hydrogens (tertiary/aromatic N) is 3. The summed E-state index contributed by atoms with van der Waals surface area (Å²) < 4.78 is 17.1. The molecule has 0 aliphatic rings. The van der Waals surface area contributed by atoms with Crippen molar-refractivity contribution in [3.05, 3.63) is 52.6 Å². The molecule has 0 spiro atoms. The molecule has 11 heteroatoms. The Bertz CT molecular complexity index is 1080. The number of carbonyl (C=O) groups is 2. The molecule has 0 atom stereocenters. The summed E-state index contributed by atoms with van der Waals surface area (Å²) in [6.45, 7) is 0.477. The minimum atomic E-state index is -0.431. The fourth-order valence-electron chi connectivity index (χ4n) is 2.70. The molecular weight excluding hydrogens is 406 g/mol. The minimum absolute atomic E-state index is 0.0165. The monoisotopic (exact) mass is 429 g/mol. The fraction of sp³-hybridized carbons (Fsp3) is 0.350. The van der Waals surface area contributed by atoms with Gasteiger partial charge in [0.25, 0.3) is 5.56 Å². The van der Waals surface area contributed by atoms with Gasteiger partial charge in [0, 0.05) is 12.8 Å². The topological polar surface area (TPSA) is 151 Å². The van der Waals surface area contributed by atoms with Crippen LogP contribution in [0.1, 0.15) is 24.8 Å². The lowest BCUT2D eigenvalue weighted by Gasteiger charge is -2.07. The molecule has 0 saturated carbocycles. The Morgan fingerprint density at radius 2 is 1.81 bits per heavy atom. The van der Waals surface area contributed by atoms with Crippen LogP contribution in [-0.4, -0.2) is 44.7 Å². The lowest BCUT2D eigenvalue weighted by Crippen LogP contribution is -2.14. The third kappa shape index (κ3) is 6.64. The summed E-state index contributed by atoms with van der Waals surface area (Å²) in [5, 5.41) is 0. The van der Waals surface area contributed by atoms with Gasteiger partial charge in [-0.2, -0.15) is 4.98 Å². The van der Waals surface area contributed by atoms with Crippen molar-refractivity contribution in [2.45, 2.75) is 32.6 Å². The standard InChI is InChI=1S/C20H23N5O6/c21-20-23-18-17(19(28)24-20)22-12-25(18)13-29-9-10-30-15(26)7-4-8-16(27)31-11-14-5-2-1-3-6-14/h1-3,5-6,12H,4,7-11,13H2,(H3,21,23,24,28). The number of fused-ring (bicyclic) bond motifs is 1. The number of esters is 2. The number of aromatic amines is 1. The smallest absolute Gasteiger partial charge is 0.306 e. The molecule has 1 aromatic carbocycles. The van der Waals surface area contributed by atoms with Gasteiger partial charge in [-0.05, 0) is 12.0 Å². The number of carbonyl (C=O) groups excluding carboxylic acids is 2. The zero-order valence-electron chi connectivity index (χ0n) is 16.8. The number of nitrogen functional groups attached to an aromatic ring is 1. The van der Waals surface area contributed by atoms with Gasteiger partial charge in [0.05, 0.1) is 12.9 Å². The maximum atomic E-state index is 11.7. The first-order chi connectivity index (χ1) is 15.0. The summed E-state index contributed by atoms with van der Waals surface area (Å²) in [5.41, 5.74) is 6.47. The van der Waals surface area contributed by atoms with Gasteiger partial charge in [-0.1, -0.05) is 30.3 Å². The van der Waals surface area contributed by atoms with E-state index in [0.717, 1.165) is 5.56 Å². The van der Waals surface area contributed by atoms with Crippen molar-refractivity contribution in [2.75, 3.05) is 18.9 Å². The van der Waals surface area contributed by atoms with Crippen LogP contribution in [0.4, 0.5) is 5.95 Å². The molecule has 164 valence electrons. The number of H-pyrrole nitrogens is 1. The molecule has 0 aliphatic carbocycles. The average molecular weight is 429 g/mol. The summed E-state index contributed by atoms with van der Waals surface area (Å²) in [6.07, 6.45) is 2.01. The fourth-order valence-corrected chi connectivity index (χ4v) is 2.70. The molecule has 0 amide bonds. The van der Waals surface area contributed by atoms with E-state index in [4.69, 9.17) is 19.9 Å². The van der Waals surface area contributed by atoms with Gasteiger partial charge in [-0.15, -0.1) is 0 Å². The number of hydrogen-bond acceptors (Lipinski definition) is 9. The molecule has 0 fully saturated rings. The van der Waals surface area contributed by atoms with Crippen molar-refractivity contribution >= 4 is 29.1 Å². The van der Waals surface area contributed by atoms with Crippen LogP contribution < -0.4 is 11.3 Å². The van der Waals surface area contributed by atoms with Crippen molar-refractivity contribution in [3.8, 4) is 0 Å². The number of hydrogen-bond donors (Lipinski definition) is 2. The highest BCUT2D eigenvalue weighted by molar-refractivity contribution is 5.72. The Hall–Kier alpha value is -3.73. The van der Waals surface area contributed by atoms with Crippen LogP contribution in [0, 0.1) is 0 Å². The molecule has 31 heavy (non-hydrogen) atoms. The highest BCUT2D eigenvalue weighted by Crippen LogP contribution is 2.07. The molecule has 3 N–H and O–H groups in total. The van der Waals surface area contributed by atoms with Gasteiger partial charge in [-0.3, -0.25) is 23.9 Å². The van der Waals surface area contributed by atoms with Crippen LogP contribution in [-0.2, 0) is 37.1 Å². The zero-order valence-corrected chi connectivity index (χ0v) is 16.8. The number of nitrogens with one attached hydrogen (secondary N) is 1. The lowest BCUT2D eigenvalue weighted by atomic mass is 10.2. The lowest BCUT2D eigenvalue weighted by molar-refractivity contribution is -0.147. The molecular formula is C20H23N5O6. The molecule has 3 rings (SSSR count). The van der Waals surface area contributed by atoms with Crippen molar-refractivity contribution in [3.63, 3.8) is 0 Å². The number of anilines is 1. The Morgan fingerprint density at radius 3 is 2.58 bits per heavy atom. The predicted molar refractivity (Wildman–Crippen MR) is 110 cm³/mol. The molecule has 0 radical (unpaired) electrons. The second kappa shape index (κ2) is 10.9. The summed E-state index contributed by atoms with van der Waals surface area (Å²) in [5.74, 6) is -0.800. The number of aromatic nitrogens is 4. The van der Waals surface area contributed by atoms with Gasteiger partial charge < -0.3 is 19.9 Å². The first-order valence-electron chi connectivity index (χ1n) is 9.66. The van der Waals surface area contributed by atoms with Crippen LogP contribution in [0.25, 0.3) is 11.2 Å². The normalized spacial score (nSPS) is 10.8. The second-order valence-electron chi connectivity index (χ2n) is 6.60. The highest BCUT2D eigenvalue weighted by Gasteiger charge is 2.10. The van der Waals surface area contributed by atoms with Crippen LogP contribution in [0.2, 0.25) is 0 Å². The molecule has 0 saturated heterocycles. The SMILES string of the molecule is Nc1nc2c(ncn2COCCOC(=O)CCCC(=O)OCc2ccccc2)c(=O)[nH]1. The van der Waals surface area contributed by atoms with E-state index in [0.29, 0.717) is 12.1 Å². The quantitative estimate of drug-likeness (QED) is 0.337. The van der Waals surface area contributed by atoms with Gasteiger partial charge in [0.2, 0.25) is 5.95 Å². The van der Waals surface area contributed by atoms with Crippen molar-refractivity contribution in [1.29, 1.82) is 0 Å². The van der Waals surface area contributed by atoms with Crippen molar-refractivity contribution < 1.29 is 23.8 Å². The number of ether oxygens (including phenoxy) is 3. The minimum Gasteiger partial charge on any atom is -0.463 e.